The highest BCUT2D eigenvalue weighted by Crippen LogP contribution is 2.42. The molecule has 2 heterocycles. The second kappa shape index (κ2) is 16.0. The first-order valence-electron chi connectivity index (χ1n) is 16.1. The lowest BCUT2D eigenvalue weighted by Gasteiger charge is -2.40. The number of hydrogen-bond donors (Lipinski definition) is 0. The zero-order chi connectivity index (χ0) is 29.9. The summed E-state index contributed by atoms with van der Waals surface area (Å²) in [5.41, 5.74) is 3.71. The maximum absolute atomic E-state index is 14.2. The van der Waals surface area contributed by atoms with Gasteiger partial charge in [0.2, 0.25) is 11.8 Å². The first-order valence-corrected chi connectivity index (χ1v) is 16.4. The number of benzene rings is 2. The van der Waals surface area contributed by atoms with Gasteiger partial charge in [-0.2, -0.15) is 0 Å². The average molecular weight is 590 g/mol. The third kappa shape index (κ3) is 8.06. The molecule has 0 bridgehead atoms. The SMILES string of the molecule is CCCCCCCCCCCCCC(=O)N(CC(=O)N1c2ccccc2-n2cccc2C1c1cccc(Cl)c1)C(C)C. The van der Waals surface area contributed by atoms with E-state index >= 15 is 0 Å². The van der Waals surface area contributed by atoms with Crippen molar-refractivity contribution >= 4 is 29.1 Å². The van der Waals surface area contributed by atoms with Crippen LogP contribution in [-0.4, -0.2) is 33.9 Å². The van der Waals surface area contributed by atoms with Gasteiger partial charge in [-0.25, -0.2) is 0 Å². The molecule has 1 atom stereocenters. The first kappa shape index (κ1) is 31.9. The van der Waals surface area contributed by atoms with Crippen LogP contribution >= 0.6 is 11.6 Å². The molecule has 6 heteroatoms. The molecule has 1 aromatic heterocycles. The molecule has 0 fully saturated rings. The van der Waals surface area contributed by atoms with Gasteiger partial charge in [0.25, 0.3) is 0 Å². The number of rotatable bonds is 16. The number of carbonyl (C=O) groups excluding carboxylic acids is 2. The number of aromatic nitrogens is 1. The van der Waals surface area contributed by atoms with Crippen LogP contribution in [0.5, 0.6) is 0 Å². The molecule has 2 amide bonds. The molecule has 0 saturated heterocycles. The summed E-state index contributed by atoms with van der Waals surface area (Å²) < 4.78 is 2.14. The second-order valence-corrected chi connectivity index (χ2v) is 12.4. The van der Waals surface area contributed by atoms with Crippen molar-refractivity contribution in [2.24, 2.45) is 0 Å². The summed E-state index contributed by atoms with van der Waals surface area (Å²) in [4.78, 5) is 31.2. The fourth-order valence-electron chi connectivity index (χ4n) is 6.12. The van der Waals surface area contributed by atoms with Crippen LogP contribution in [0.15, 0.2) is 66.9 Å². The summed E-state index contributed by atoms with van der Waals surface area (Å²) in [6, 6.07) is 19.3. The lowest BCUT2D eigenvalue weighted by Crippen LogP contribution is -2.48. The fourth-order valence-corrected chi connectivity index (χ4v) is 6.32. The molecule has 3 aromatic rings. The van der Waals surface area contributed by atoms with Crippen LogP contribution in [0, 0.1) is 0 Å². The van der Waals surface area contributed by atoms with E-state index in [1.165, 1.54) is 57.8 Å². The quantitative estimate of drug-likeness (QED) is 0.156. The number of para-hydroxylation sites is 2. The summed E-state index contributed by atoms with van der Waals surface area (Å²) >= 11 is 6.42. The highest BCUT2D eigenvalue weighted by Gasteiger charge is 2.37. The van der Waals surface area contributed by atoms with Crippen molar-refractivity contribution in [3.05, 3.63) is 83.1 Å². The molecule has 5 nitrogen and oxygen atoms in total. The molecule has 1 aliphatic rings. The third-order valence-electron chi connectivity index (χ3n) is 8.40. The molecule has 226 valence electrons. The van der Waals surface area contributed by atoms with E-state index in [1.807, 2.05) is 79.5 Å². The Morgan fingerprint density at radius 2 is 1.45 bits per heavy atom. The summed E-state index contributed by atoms with van der Waals surface area (Å²) in [7, 11) is 0. The van der Waals surface area contributed by atoms with Gasteiger partial charge in [-0.3, -0.25) is 14.5 Å². The molecule has 0 spiro atoms. The Morgan fingerprint density at radius 1 is 0.810 bits per heavy atom. The smallest absolute Gasteiger partial charge is 0.247 e. The van der Waals surface area contributed by atoms with Crippen LogP contribution in [0.3, 0.4) is 0 Å². The summed E-state index contributed by atoms with van der Waals surface area (Å²) in [6.07, 6.45) is 16.2. The minimum absolute atomic E-state index is 0.0423. The predicted molar refractivity (Wildman–Crippen MR) is 174 cm³/mol. The molecule has 1 aliphatic heterocycles. The van der Waals surface area contributed by atoms with Crippen molar-refractivity contribution in [2.45, 2.75) is 110 Å². The Hall–Kier alpha value is -3.05. The Bertz CT molecular complexity index is 1300. The Balaban J connectivity index is 1.40. The zero-order valence-corrected chi connectivity index (χ0v) is 26.5. The summed E-state index contributed by atoms with van der Waals surface area (Å²) in [5, 5.41) is 0.628. The number of hydrogen-bond acceptors (Lipinski definition) is 2. The van der Waals surface area contributed by atoms with E-state index in [0.29, 0.717) is 11.4 Å². The summed E-state index contributed by atoms with van der Waals surface area (Å²) in [6.45, 7) is 6.29. The van der Waals surface area contributed by atoms with Crippen molar-refractivity contribution < 1.29 is 9.59 Å². The maximum Gasteiger partial charge on any atom is 0.247 e. The number of carbonyl (C=O) groups is 2. The number of halogens is 1. The van der Waals surface area contributed by atoms with E-state index in [1.54, 1.807) is 4.90 Å². The average Bonchev–Trinajstić information content (AvgIpc) is 3.47. The van der Waals surface area contributed by atoms with E-state index in [0.717, 1.165) is 35.5 Å². The van der Waals surface area contributed by atoms with Gasteiger partial charge in [-0.05, 0) is 62.2 Å². The Kier molecular flexibility index (Phi) is 12.1. The standard InChI is InChI=1S/C36H48ClN3O2/c1-4-5-6-7-8-9-10-11-12-13-14-24-34(41)39(28(2)3)27-35(42)40-32-22-16-15-21-31(32)38-25-18-23-33(38)36(40)29-19-17-20-30(37)26-29/h15-23,25-26,28,36H,4-14,24,27H2,1-3H3. The highest BCUT2D eigenvalue weighted by molar-refractivity contribution is 6.30. The Labute approximate surface area is 257 Å². The largest absolute Gasteiger partial charge is 0.331 e. The Morgan fingerprint density at radius 3 is 2.10 bits per heavy atom. The normalized spacial score (nSPS) is 14.1. The first-order chi connectivity index (χ1) is 20.4. The van der Waals surface area contributed by atoms with Crippen molar-refractivity contribution in [3.63, 3.8) is 0 Å². The zero-order valence-electron chi connectivity index (χ0n) is 25.7. The fraction of sp³-hybridized carbons (Fsp3) is 0.500. The van der Waals surface area contributed by atoms with Crippen LogP contribution in [0.4, 0.5) is 5.69 Å². The molecule has 0 saturated carbocycles. The third-order valence-corrected chi connectivity index (χ3v) is 8.63. The molecule has 4 rings (SSSR count). The van der Waals surface area contributed by atoms with Gasteiger partial charge < -0.3 is 9.47 Å². The van der Waals surface area contributed by atoms with Gasteiger partial charge >= 0.3 is 0 Å². The van der Waals surface area contributed by atoms with E-state index in [9.17, 15) is 9.59 Å². The number of anilines is 1. The number of nitrogens with zero attached hydrogens (tertiary/aromatic N) is 3. The topological polar surface area (TPSA) is 45.6 Å². The molecule has 0 aliphatic carbocycles. The van der Waals surface area contributed by atoms with Gasteiger partial charge in [-0.1, -0.05) is 107 Å². The van der Waals surface area contributed by atoms with Gasteiger partial charge in [0.05, 0.1) is 17.1 Å². The molecular weight excluding hydrogens is 542 g/mol. The van der Waals surface area contributed by atoms with Crippen molar-refractivity contribution in [3.8, 4) is 5.69 Å². The maximum atomic E-state index is 14.2. The van der Waals surface area contributed by atoms with Crippen molar-refractivity contribution in [2.75, 3.05) is 11.4 Å². The van der Waals surface area contributed by atoms with Gasteiger partial charge in [0.15, 0.2) is 0 Å². The van der Waals surface area contributed by atoms with Crippen LogP contribution in [0.25, 0.3) is 5.69 Å². The van der Waals surface area contributed by atoms with Crippen molar-refractivity contribution in [1.29, 1.82) is 0 Å². The van der Waals surface area contributed by atoms with Gasteiger partial charge in [0, 0.05) is 23.7 Å². The number of fused-ring (bicyclic) bond motifs is 3. The minimum atomic E-state index is -0.350. The van der Waals surface area contributed by atoms with Crippen LogP contribution in [0.1, 0.15) is 115 Å². The lowest BCUT2D eigenvalue weighted by atomic mass is 9.97. The van der Waals surface area contributed by atoms with Gasteiger partial charge in [0.1, 0.15) is 12.6 Å². The molecule has 1 unspecified atom stereocenters. The van der Waals surface area contributed by atoms with E-state index < -0.39 is 0 Å². The lowest BCUT2D eigenvalue weighted by molar-refractivity contribution is -0.137. The highest BCUT2D eigenvalue weighted by atomic mass is 35.5. The monoisotopic (exact) mass is 589 g/mol. The molecule has 2 aromatic carbocycles. The van der Waals surface area contributed by atoms with E-state index in [-0.39, 0.29) is 30.4 Å². The molecule has 0 radical (unpaired) electrons. The van der Waals surface area contributed by atoms with E-state index in [4.69, 9.17) is 11.6 Å². The van der Waals surface area contributed by atoms with Crippen LogP contribution in [-0.2, 0) is 9.59 Å². The number of unbranched alkanes of at least 4 members (excludes halogenated alkanes) is 10. The number of amides is 2. The van der Waals surface area contributed by atoms with Gasteiger partial charge in [-0.15, -0.1) is 0 Å². The molecule has 0 N–H and O–H groups in total. The summed E-state index contributed by atoms with van der Waals surface area (Å²) in [5.74, 6) is -0.0388. The molecule has 42 heavy (non-hydrogen) atoms. The van der Waals surface area contributed by atoms with Crippen LogP contribution < -0.4 is 4.90 Å². The van der Waals surface area contributed by atoms with E-state index in [2.05, 4.69) is 17.6 Å². The van der Waals surface area contributed by atoms with Crippen molar-refractivity contribution in [1.82, 2.24) is 9.47 Å². The minimum Gasteiger partial charge on any atom is -0.331 e. The molecular formula is C36H48ClN3O2. The predicted octanol–water partition coefficient (Wildman–Crippen LogP) is 9.50. The van der Waals surface area contributed by atoms with Crippen LogP contribution in [0.2, 0.25) is 5.02 Å². The second-order valence-electron chi connectivity index (χ2n) is 11.9.